The molecule has 10 heteroatoms. The molecule has 5 N–H and O–H groups in total. The Labute approximate surface area is 173 Å². The number of hydrogen-bond donors (Lipinski definition) is 3. The summed E-state index contributed by atoms with van der Waals surface area (Å²) in [6.45, 7) is 2.82. The van der Waals surface area contributed by atoms with E-state index in [1.807, 2.05) is 24.1 Å². The van der Waals surface area contributed by atoms with Crippen LogP contribution in [0.2, 0.25) is 0 Å². The number of rotatable bonds is 9. The number of aryl methyl sites for hydroxylation is 1. The third-order valence-electron chi connectivity index (χ3n) is 4.06. The second-order valence-electron chi connectivity index (χ2n) is 6.47. The number of aromatic nitrogens is 4. The standard InChI is InChI=1S/C19H25N7O2S/c1-3-4-14-13(11-26(2)19-24-15(20)10-16(21)25-19)23-18(29-14)12-5-6-22-17(9-12)28-8-7-27/h5-6,9-10,27H,3-4,7-8,11H2,1-2H3,(H4,20,21,24,25). The fourth-order valence-electron chi connectivity index (χ4n) is 2.76. The number of nitrogens with zero attached hydrogens (tertiary/aromatic N) is 5. The number of nitrogen functional groups attached to an aromatic ring is 2. The van der Waals surface area contributed by atoms with E-state index in [9.17, 15) is 0 Å². The van der Waals surface area contributed by atoms with Crippen molar-refractivity contribution in [1.82, 2.24) is 19.9 Å². The van der Waals surface area contributed by atoms with E-state index in [2.05, 4.69) is 21.9 Å². The molecule has 3 heterocycles. The van der Waals surface area contributed by atoms with Crippen molar-refractivity contribution < 1.29 is 9.84 Å². The molecule has 0 radical (unpaired) electrons. The third kappa shape index (κ3) is 5.30. The maximum atomic E-state index is 8.93. The molecule has 0 aliphatic rings. The van der Waals surface area contributed by atoms with Crippen molar-refractivity contribution in [3.8, 4) is 16.5 Å². The number of anilines is 3. The summed E-state index contributed by atoms with van der Waals surface area (Å²) in [5.74, 6) is 1.59. The Morgan fingerprint density at radius 2 is 1.93 bits per heavy atom. The lowest BCUT2D eigenvalue weighted by Gasteiger charge is -2.17. The minimum Gasteiger partial charge on any atom is -0.475 e. The minimum atomic E-state index is -0.0587. The van der Waals surface area contributed by atoms with Crippen molar-refractivity contribution in [3.63, 3.8) is 0 Å². The monoisotopic (exact) mass is 415 g/mol. The van der Waals surface area contributed by atoms with Gasteiger partial charge in [0.15, 0.2) is 0 Å². The molecule has 0 bridgehead atoms. The van der Waals surface area contributed by atoms with Gasteiger partial charge in [0.1, 0.15) is 23.3 Å². The Hall–Kier alpha value is -2.98. The molecule has 0 unspecified atom stereocenters. The van der Waals surface area contributed by atoms with Crippen molar-refractivity contribution in [2.24, 2.45) is 0 Å². The maximum Gasteiger partial charge on any atom is 0.229 e. The lowest BCUT2D eigenvalue weighted by Crippen LogP contribution is -2.21. The van der Waals surface area contributed by atoms with Gasteiger partial charge in [-0.1, -0.05) is 13.3 Å². The molecule has 154 valence electrons. The van der Waals surface area contributed by atoms with Crippen molar-refractivity contribution in [2.45, 2.75) is 26.3 Å². The number of thiazole rings is 1. The Kier molecular flexibility index (Phi) is 6.78. The lowest BCUT2D eigenvalue weighted by atomic mass is 10.2. The van der Waals surface area contributed by atoms with E-state index in [1.54, 1.807) is 17.5 Å². The predicted molar refractivity (Wildman–Crippen MR) is 115 cm³/mol. The van der Waals surface area contributed by atoms with Crippen LogP contribution in [0.4, 0.5) is 17.6 Å². The average Bonchev–Trinajstić information content (AvgIpc) is 3.08. The molecule has 3 rings (SSSR count). The number of aliphatic hydroxyl groups is 1. The first-order valence-corrected chi connectivity index (χ1v) is 10.1. The predicted octanol–water partition coefficient (Wildman–Crippen LogP) is 2.12. The summed E-state index contributed by atoms with van der Waals surface area (Å²) in [5, 5.41) is 9.82. The van der Waals surface area contributed by atoms with Gasteiger partial charge in [-0.05, 0) is 12.5 Å². The molecular formula is C19H25N7O2S. The van der Waals surface area contributed by atoms with Crippen LogP contribution in [0.3, 0.4) is 0 Å². The van der Waals surface area contributed by atoms with Crippen LogP contribution in [0.5, 0.6) is 5.88 Å². The van der Waals surface area contributed by atoms with E-state index in [0.29, 0.717) is 30.0 Å². The van der Waals surface area contributed by atoms with Crippen molar-refractivity contribution >= 4 is 28.9 Å². The largest absolute Gasteiger partial charge is 0.475 e. The zero-order valence-corrected chi connectivity index (χ0v) is 17.3. The second-order valence-corrected chi connectivity index (χ2v) is 7.55. The van der Waals surface area contributed by atoms with Crippen LogP contribution < -0.4 is 21.1 Å². The number of pyridine rings is 1. The van der Waals surface area contributed by atoms with Crippen LogP contribution >= 0.6 is 11.3 Å². The highest BCUT2D eigenvalue weighted by molar-refractivity contribution is 7.15. The van der Waals surface area contributed by atoms with Crippen LogP contribution in [0.15, 0.2) is 24.4 Å². The van der Waals surface area contributed by atoms with Gasteiger partial charge in [0.2, 0.25) is 11.8 Å². The molecule has 9 nitrogen and oxygen atoms in total. The molecule has 0 fully saturated rings. The first-order chi connectivity index (χ1) is 14.0. The molecule has 3 aromatic heterocycles. The van der Waals surface area contributed by atoms with Crippen LogP contribution in [-0.4, -0.2) is 45.3 Å². The molecule has 0 spiro atoms. The molecule has 0 saturated heterocycles. The highest BCUT2D eigenvalue weighted by Gasteiger charge is 2.16. The van der Waals surface area contributed by atoms with E-state index in [0.717, 1.165) is 29.1 Å². The highest BCUT2D eigenvalue weighted by atomic mass is 32.1. The summed E-state index contributed by atoms with van der Waals surface area (Å²) in [7, 11) is 1.89. The van der Waals surface area contributed by atoms with Gasteiger partial charge in [0.05, 0.1) is 18.8 Å². The van der Waals surface area contributed by atoms with Gasteiger partial charge in [0.25, 0.3) is 0 Å². The molecule has 0 atom stereocenters. The zero-order chi connectivity index (χ0) is 20.8. The van der Waals surface area contributed by atoms with Crippen molar-refractivity contribution in [1.29, 1.82) is 0 Å². The molecular weight excluding hydrogens is 390 g/mol. The molecule has 0 amide bonds. The van der Waals surface area contributed by atoms with E-state index in [1.165, 1.54) is 10.9 Å². The fourth-order valence-corrected chi connectivity index (χ4v) is 3.93. The van der Waals surface area contributed by atoms with Gasteiger partial charge in [-0.15, -0.1) is 11.3 Å². The van der Waals surface area contributed by atoms with E-state index >= 15 is 0 Å². The summed E-state index contributed by atoms with van der Waals surface area (Å²) < 4.78 is 5.41. The topological polar surface area (TPSA) is 136 Å². The van der Waals surface area contributed by atoms with Gasteiger partial charge < -0.3 is 26.2 Å². The second kappa shape index (κ2) is 9.48. The zero-order valence-electron chi connectivity index (χ0n) is 16.5. The summed E-state index contributed by atoms with van der Waals surface area (Å²) in [6.07, 6.45) is 3.62. The third-order valence-corrected chi connectivity index (χ3v) is 5.27. The molecule has 0 aliphatic heterocycles. The van der Waals surface area contributed by atoms with Gasteiger partial charge >= 0.3 is 0 Å². The average molecular weight is 416 g/mol. The number of hydrogen-bond acceptors (Lipinski definition) is 10. The van der Waals surface area contributed by atoms with Crippen molar-refractivity contribution in [2.75, 3.05) is 36.6 Å². The maximum absolute atomic E-state index is 8.93. The molecule has 29 heavy (non-hydrogen) atoms. The van der Waals surface area contributed by atoms with Crippen LogP contribution in [0, 0.1) is 0 Å². The first-order valence-electron chi connectivity index (χ1n) is 9.30. The first kappa shape index (κ1) is 20.7. The quantitative estimate of drug-likeness (QED) is 0.480. The van der Waals surface area contributed by atoms with Crippen LogP contribution in [0.25, 0.3) is 10.6 Å². The lowest BCUT2D eigenvalue weighted by molar-refractivity contribution is 0.197. The van der Waals surface area contributed by atoms with Gasteiger partial charge in [-0.25, -0.2) is 9.97 Å². The Bertz CT molecular complexity index is 943. The van der Waals surface area contributed by atoms with Crippen LogP contribution in [-0.2, 0) is 13.0 Å². The Morgan fingerprint density at radius 3 is 2.62 bits per heavy atom. The molecule has 0 saturated carbocycles. The number of nitrogens with two attached hydrogens (primary N) is 2. The Morgan fingerprint density at radius 1 is 1.17 bits per heavy atom. The number of ether oxygens (including phenoxy) is 1. The number of aliphatic hydroxyl groups excluding tert-OH is 1. The molecule has 0 aromatic carbocycles. The van der Waals surface area contributed by atoms with Gasteiger partial charge in [-0.3, -0.25) is 0 Å². The minimum absolute atomic E-state index is 0.0587. The smallest absolute Gasteiger partial charge is 0.229 e. The van der Waals surface area contributed by atoms with E-state index < -0.39 is 0 Å². The molecule has 0 aliphatic carbocycles. The van der Waals surface area contributed by atoms with Gasteiger partial charge in [-0.2, -0.15) is 9.97 Å². The molecule has 3 aromatic rings. The SMILES string of the molecule is CCCc1sc(-c2ccnc(OCCO)c2)nc1CN(C)c1nc(N)cc(N)n1. The fraction of sp³-hybridized carbons (Fsp3) is 0.368. The van der Waals surface area contributed by atoms with Gasteiger partial charge in [0, 0.05) is 35.8 Å². The summed E-state index contributed by atoms with van der Waals surface area (Å²) in [5.41, 5.74) is 13.5. The highest BCUT2D eigenvalue weighted by Crippen LogP contribution is 2.31. The summed E-state index contributed by atoms with van der Waals surface area (Å²) >= 11 is 1.65. The van der Waals surface area contributed by atoms with Crippen LogP contribution in [0.1, 0.15) is 23.9 Å². The van der Waals surface area contributed by atoms with E-state index in [-0.39, 0.29) is 13.2 Å². The summed E-state index contributed by atoms with van der Waals surface area (Å²) in [6, 6.07) is 5.26. The van der Waals surface area contributed by atoms with Crippen molar-refractivity contribution in [3.05, 3.63) is 35.0 Å². The van der Waals surface area contributed by atoms with E-state index in [4.69, 9.17) is 26.3 Å². The normalized spacial score (nSPS) is 10.9. The summed E-state index contributed by atoms with van der Waals surface area (Å²) in [4.78, 5) is 20.6. The Balaban J connectivity index is 1.87.